The van der Waals surface area contributed by atoms with Crippen LogP contribution in [0.3, 0.4) is 0 Å². The summed E-state index contributed by atoms with van der Waals surface area (Å²) in [5.74, 6) is -1.60. The highest BCUT2D eigenvalue weighted by Gasteiger charge is 2.22. The van der Waals surface area contributed by atoms with Crippen LogP contribution >= 0.6 is 7.82 Å². The lowest BCUT2D eigenvalue weighted by molar-refractivity contribution is -0.870. The highest BCUT2D eigenvalue weighted by molar-refractivity contribution is 7.47. The summed E-state index contributed by atoms with van der Waals surface area (Å²) in [6.07, 6.45) is 20.6. The summed E-state index contributed by atoms with van der Waals surface area (Å²) in [5, 5.41) is 18.4. The van der Waals surface area contributed by atoms with Crippen molar-refractivity contribution in [1.29, 1.82) is 0 Å². The second-order valence-electron chi connectivity index (χ2n) is 15.1. The Morgan fingerprint density at radius 3 is 1.22 bits per heavy atom. The molecule has 0 spiro atoms. The predicted molar refractivity (Wildman–Crippen MR) is 197 cm³/mol. The molecule has 1 saturated heterocycles. The van der Waals surface area contributed by atoms with Crippen molar-refractivity contribution in [3.63, 3.8) is 0 Å². The molecule has 294 valence electrons. The van der Waals surface area contributed by atoms with Crippen LogP contribution in [0.2, 0.25) is 0 Å². The summed E-state index contributed by atoms with van der Waals surface area (Å²) in [6.45, 7) is 4.58. The molecule has 1 fully saturated rings. The summed E-state index contributed by atoms with van der Waals surface area (Å²) >= 11 is 0. The van der Waals surface area contributed by atoms with Crippen molar-refractivity contribution in [2.75, 3.05) is 99.8 Å². The number of phosphoric ester groups is 1. The molecular weight excluding hydrogens is 663 g/mol. The fourth-order valence-corrected chi connectivity index (χ4v) is 6.84. The number of carboxylic acid groups (broad SMARTS) is 2. The molecule has 1 aliphatic heterocycles. The zero-order chi connectivity index (χ0) is 37.1. The molecule has 0 bridgehead atoms. The number of phosphoric acid groups is 1. The molecule has 0 radical (unpaired) electrons. The fraction of sp³-hybridized carbons (Fsp3) is 0.917. The third-order valence-electron chi connectivity index (χ3n) is 9.19. The number of quaternary nitrogens is 1. The number of nitrogens with zero attached hydrogens (tertiary/aromatic N) is 4. The van der Waals surface area contributed by atoms with E-state index < -0.39 is 19.8 Å². The first-order valence-electron chi connectivity index (χ1n) is 19.3. The SMILES string of the molecule is C[N+](C)(C)CCOP(=O)(O)OCCCCCCCCCCCCCCCCCCCC(=O)CN1CCN(CC(=O)O)CCN(CC(=O)O)CC1. The van der Waals surface area contributed by atoms with Crippen LogP contribution in [0.25, 0.3) is 0 Å². The summed E-state index contributed by atoms with van der Waals surface area (Å²) in [4.78, 5) is 50.6. The van der Waals surface area contributed by atoms with Gasteiger partial charge in [0.05, 0.1) is 47.4 Å². The Labute approximate surface area is 302 Å². The Balaban J connectivity index is 1.95. The topological polar surface area (TPSA) is 157 Å². The van der Waals surface area contributed by atoms with Crippen LogP contribution in [0.4, 0.5) is 0 Å². The molecule has 0 aromatic carbocycles. The number of carbonyl (C=O) groups is 3. The lowest BCUT2D eigenvalue weighted by Gasteiger charge is -2.24. The van der Waals surface area contributed by atoms with Crippen LogP contribution in [0.1, 0.15) is 116 Å². The first-order chi connectivity index (χ1) is 23.8. The molecule has 1 rings (SSSR count). The first-order valence-corrected chi connectivity index (χ1v) is 20.8. The van der Waals surface area contributed by atoms with E-state index in [1.54, 1.807) is 0 Å². The molecule has 3 N–H and O–H groups in total. The Bertz CT molecular complexity index is 938. The molecule has 14 heteroatoms. The number of rotatable bonds is 31. The highest BCUT2D eigenvalue weighted by Crippen LogP contribution is 2.43. The number of likely N-dealkylation sites (N-methyl/N-ethyl adjacent to an activating group) is 1. The zero-order valence-electron chi connectivity index (χ0n) is 31.7. The molecule has 0 aromatic rings. The van der Waals surface area contributed by atoms with Crippen LogP contribution in [0, 0.1) is 0 Å². The lowest BCUT2D eigenvalue weighted by Crippen LogP contribution is -2.40. The average molecular weight is 736 g/mol. The van der Waals surface area contributed by atoms with Gasteiger partial charge in [0, 0.05) is 45.7 Å². The minimum Gasteiger partial charge on any atom is -0.480 e. The molecule has 0 aliphatic carbocycles. The quantitative estimate of drug-likeness (QED) is 0.0467. The van der Waals surface area contributed by atoms with Crippen molar-refractivity contribution < 1.29 is 47.6 Å². The third-order valence-corrected chi connectivity index (χ3v) is 10.2. The maximum atomic E-state index is 12.7. The van der Waals surface area contributed by atoms with Gasteiger partial charge in [-0.2, -0.15) is 0 Å². The van der Waals surface area contributed by atoms with Gasteiger partial charge in [-0.3, -0.25) is 38.1 Å². The second kappa shape index (κ2) is 28.1. The monoisotopic (exact) mass is 736 g/mol. The number of ketones is 1. The number of carbonyl (C=O) groups excluding carboxylic acids is 1. The van der Waals surface area contributed by atoms with Crippen molar-refractivity contribution in [2.45, 2.75) is 116 Å². The number of hydrogen-bond donors (Lipinski definition) is 3. The van der Waals surface area contributed by atoms with Gasteiger partial charge >= 0.3 is 19.8 Å². The highest BCUT2D eigenvalue weighted by atomic mass is 31.2. The van der Waals surface area contributed by atoms with E-state index in [9.17, 15) is 34.1 Å². The van der Waals surface area contributed by atoms with Gasteiger partial charge in [-0.1, -0.05) is 96.3 Å². The summed E-state index contributed by atoms with van der Waals surface area (Å²) in [6, 6.07) is 0. The number of unbranched alkanes of at least 4 members (excludes halogenated alkanes) is 16. The van der Waals surface area contributed by atoms with E-state index in [0.29, 0.717) is 63.3 Å². The molecule has 50 heavy (non-hydrogen) atoms. The van der Waals surface area contributed by atoms with E-state index in [4.69, 9.17) is 9.05 Å². The van der Waals surface area contributed by atoms with Crippen molar-refractivity contribution >= 4 is 25.5 Å². The van der Waals surface area contributed by atoms with Crippen molar-refractivity contribution in [3.8, 4) is 0 Å². The van der Waals surface area contributed by atoms with Gasteiger partial charge in [0.15, 0.2) is 0 Å². The largest absolute Gasteiger partial charge is 0.480 e. The van der Waals surface area contributed by atoms with Gasteiger partial charge < -0.3 is 19.6 Å². The van der Waals surface area contributed by atoms with E-state index in [0.717, 1.165) is 38.5 Å². The minimum absolute atomic E-state index is 0.0843. The van der Waals surface area contributed by atoms with E-state index in [-0.39, 0.29) is 32.1 Å². The molecule has 1 unspecified atom stereocenters. The minimum atomic E-state index is -3.93. The van der Waals surface area contributed by atoms with Crippen LogP contribution < -0.4 is 0 Å². The molecule has 13 nitrogen and oxygen atoms in total. The Hall–Kier alpha value is -1.44. The first kappa shape index (κ1) is 46.6. The molecule has 1 aliphatic rings. The van der Waals surface area contributed by atoms with Crippen LogP contribution in [0.5, 0.6) is 0 Å². The van der Waals surface area contributed by atoms with E-state index in [1.807, 2.05) is 35.8 Å². The van der Waals surface area contributed by atoms with Crippen molar-refractivity contribution in [1.82, 2.24) is 14.7 Å². The van der Waals surface area contributed by atoms with Gasteiger partial charge in [0.25, 0.3) is 0 Å². The molecule has 0 amide bonds. The smallest absolute Gasteiger partial charge is 0.472 e. The van der Waals surface area contributed by atoms with Gasteiger partial charge in [-0.25, -0.2) is 4.57 Å². The van der Waals surface area contributed by atoms with Crippen molar-refractivity contribution in [2.24, 2.45) is 0 Å². The molecule has 1 heterocycles. The molecule has 1 atom stereocenters. The number of aliphatic carboxylic acids is 2. The van der Waals surface area contributed by atoms with E-state index in [1.165, 1.54) is 70.6 Å². The van der Waals surface area contributed by atoms with Gasteiger partial charge in [-0.05, 0) is 12.8 Å². The van der Waals surface area contributed by atoms with E-state index >= 15 is 0 Å². The van der Waals surface area contributed by atoms with E-state index in [2.05, 4.69) is 0 Å². The lowest BCUT2D eigenvalue weighted by atomic mass is 10.0. The standard InChI is InChI=1S/C36H71N4O9P/c1-40(2,3)28-30-49-50(46,47)48-29-20-18-16-14-12-10-8-6-4-5-7-9-11-13-15-17-19-21-34(41)31-37-22-24-38(32-35(42)43)26-27-39(25-23-37)33-36(44)45/h4-33H2,1-3H3,(H2-,42,43,44,45,46,47)/p+1. The van der Waals surface area contributed by atoms with Gasteiger partial charge in [0.2, 0.25) is 0 Å². The maximum Gasteiger partial charge on any atom is 0.472 e. The fourth-order valence-electron chi connectivity index (χ4n) is 6.09. The number of carboxylic acids is 2. The Kier molecular flexibility index (Phi) is 26.2. The molecular formula is C36H72N4O9P+. The average Bonchev–Trinajstić information content (AvgIpc) is 3.10. The zero-order valence-corrected chi connectivity index (χ0v) is 32.6. The summed E-state index contributed by atoms with van der Waals surface area (Å²) in [7, 11) is 2.07. The Morgan fingerprint density at radius 1 is 0.540 bits per heavy atom. The molecule has 0 saturated carbocycles. The van der Waals surface area contributed by atoms with Crippen LogP contribution in [-0.4, -0.2) is 152 Å². The maximum absolute atomic E-state index is 12.7. The van der Waals surface area contributed by atoms with Gasteiger partial charge in [0.1, 0.15) is 18.9 Å². The number of Topliss-reactive ketones (excluding diaryl/α,β-unsaturated/α-hetero) is 1. The van der Waals surface area contributed by atoms with Gasteiger partial charge in [-0.15, -0.1) is 0 Å². The molecule has 0 aromatic heterocycles. The predicted octanol–water partition coefficient (Wildman–Crippen LogP) is 5.51. The summed E-state index contributed by atoms with van der Waals surface area (Å²) < 4.78 is 22.7. The third kappa shape index (κ3) is 29.2. The van der Waals surface area contributed by atoms with Crippen LogP contribution in [0.15, 0.2) is 0 Å². The van der Waals surface area contributed by atoms with Crippen molar-refractivity contribution in [3.05, 3.63) is 0 Å². The van der Waals surface area contributed by atoms with Crippen LogP contribution in [-0.2, 0) is 28.0 Å². The Morgan fingerprint density at radius 2 is 0.860 bits per heavy atom. The normalized spacial score (nSPS) is 16.8. The summed E-state index contributed by atoms with van der Waals surface area (Å²) in [5.41, 5.74) is 0. The second-order valence-corrected chi connectivity index (χ2v) is 16.5. The number of hydrogen-bond acceptors (Lipinski definition) is 9.